The highest BCUT2D eigenvalue weighted by molar-refractivity contribution is 5.75. The minimum Gasteiger partial charge on any atom is -0.368 e. The van der Waals surface area contributed by atoms with Crippen molar-refractivity contribution in [3.05, 3.63) is 17.5 Å². The van der Waals surface area contributed by atoms with Crippen molar-refractivity contribution >= 4 is 12.0 Å². The first kappa shape index (κ1) is 19.8. The second-order valence-electron chi connectivity index (χ2n) is 11.1. The van der Waals surface area contributed by atoms with Crippen molar-refractivity contribution in [2.45, 2.75) is 68.9 Å². The zero-order valence-electron chi connectivity index (χ0n) is 18.9. The number of urea groups is 1. The lowest BCUT2D eigenvalue weighted by molar-refractivity contribution is -0.0965. The molecule has 0 atom stereocenters. The molecular weight excluding hydrogens is 390 g/mol. The van der Waals surface area contributed by atoms with Crippen LogP contribution in [0, 0.1) is 17.8 Å². The quantitative estimate of drug-likeness (QED) is 0.789. The molecule has 7 nitrogen and oxygen atoms in total. The van der Waals surface area contributed by atoms with E-state index in [2.05, 4.69) is 10.3 Å². The number of hydrogen-bond acceptors (Lipinski definition) is 5. The van der Waals surface area contributed by atoms with Gasteiger partial charge in [-0.1, -0.05) is 0 Å². The summed E-state index contributed by atoms with van der Waals surface area (Å²) >= 11 is 0. The van der Waals surface area contributed by atoms with E-state index in [1.54, 1.807) is 0 Å². The summed E-state index contributed by atoms with van der Waals surface area (Å²) in [4.78, 5) is 26.6. The number of rotatable bonds is 2. The standard InChI is InChI=1S/C24H35N5O2/c1-28(2)21-25-15-19-3-8-31-24(20(19)26-21)4-6-29(7-5-24)22(30)27-23-12-16-9-17(13-23)11-18(10-16)14-23/h15-18H,3-14H2,1-2H3,(H,27,30). The Kier molecular flexibility index (Phi) is 4.50. The maximum absolute atomic E-state index is 13.3. The fourth-order valence-corrected chi connectivity index (χ4v) is 7.64. The molecule has 0 radical (unpaired) electrons. The van der Waals surface area contributed by atoms with Crippen LogP contribution < -0.4 is 10.2 Å². The van der Waals surface area contributed by atoms with Crippen molar-refractivity contribution in [2.75, 3.05) is 38.7 Å². The lowest BCUT2D eigenvalue weighted by Gasteiger charge is -2.57. The van der Waals surface area contributed by atoms with Crippen LogP contribution in [-0.4, -0.2) is 60.2 Å². The topological polar surface area (TPSA) is 70.6 Å². The molecule has 1 saturated heterocycles. The summed E-state index contributed by atoms with van der Waals surface area (Å²) in [5.74, 6) is 3.25. The summed E-state index contributed by atoms with van der Waals surface area (Å²) in [6.07, 6.45) is 12.2. The van der Waals surface area contributed by atoms with Crippen LogP contribution in [0.4, 0.5) is 10.7 Å². The molecule has 1 N–H and O–H groups in total. The van der Waals surface area contributed by atoms with Crippen molar-refractivity contribution in [2.24, 2.45) is 17.8 Å². The molecule has 4 saturated carbocycles. The van der Waals surface area contributed by atoms with Crippen molar-refractivity contribution in [1.82, 2.24) is 20.2 Å². The number of nitrogens with zero attached hydrogens (tertiary/aromatic N) is 4. The lowest BCUT2D eigenvalue weighted by atomic mass is 9.53. The third-order valence-corrected chi connectivity index (χ3v) is 8.70. The molecule has 7 heteroatoms. The Hall–Kier alpha value is -1.89. The van der Waals surface area contributed by atoms with Gasteiger partial charge in [-0.05, 0) is 81.1 Å². The number of carbonyl (C=O) groups excluding carboxylic acids is 1. The molecule has 168 valence electrons. The second-order valence-corrected chi connectivity index (χ2v) is 11.1. The van der Waals surface area contributed by atoms with Gasteiger partial charge >= 0.3 is 6.03 Å². The molecule has 2 aliphatic heterocycles. The molecule has 5 fully saturated rings. The number of likely N-dealkylation sites (tertiary alicyclic amines) is 1. The van der Waals surface area contributed by atoms with E-state index in [1.807, 2.05) is 30.1 Å². The molecule has 4 bridgehead atoms. The fourth-order valence-electron chi connectivity index (χ4n) is 7.64. The van der Waals surface area contributed by atoms with Gasteiger partial charge in [0.2, 0.25) is 5.95 Å². The van der Waals surface area contributed by atoms with Crippen LogP contribution in [0.15, 0.2) is 6.20 Å². The molecule has 3 heterocycles. The lowest BCUT2D eigenvalue weighted by Crippen LogP contribution is -2.62. The Labute approximate surface area is 184 Å². The van der Waals surface area contributed by atoms with Crippen LogP contribution in [0.5, 0.6) is 0 Å². The third kappa shape index (κ3) is 3.31. The fraction of sp³-hybridized carbons (Fsp3) is 0.792. The van der Waals surface area contributed by atoms with E-state index in [1.165, 1.54) is 44.1 Å². The number of aromatic nitrogens is 2. The van der Waals surface area contributed by atoms with Crippen LogP contribution >= 0.6 is 0 Å². The molecule has 31 heavy (non-hydrogen) atoms. The van der Waals surface area contributed by atoms with Gasteiger partial charge in [0.05, 0.1) is 12.3 Å². The van der Waals surface area contributed by atoms with E-state index >= 15 is 0 Å². The average Bonchev–Trinajstić information content (AvgIpc) is 2.73. The molecule has 7 rings (SSSR count). The van der Waals surface area contributed by atoms with Crippen LogP contribution in [-0.2, 0) is 16.8 Å². The molecule has 4 aliphatic carbocycles. The van der Waals surface area contributed by atoms with E-state index in [0.29, 0.717) is 6.61 Å². The molecule has 0 aromatic carbocycles. The zero-order chi connectivity index (χ0) is 21.2. The van der Waals surface area contributed by atoms with Crippen LogP contribution in [0.1, 0.15) is 62.6 Å². The first-order valence-electron chi connectivity index (χ1n) is 12.2. The highest BCUT2D eigenvalue weighted by atomic mass is 16.5. The maximum atomic E-state index is 13.3. The first-order chi connectivity index (χ1) is 14.9. The minimum absolute atomic E-state index is 0.0722. The van der Waals surface area contributed by atoms with Gasteiger partial charge in [-0.25, -0.2) is 14.8 Å². The summed E-state index contributed by atoms with van der Waals surface area (Å²) in [7, 11) is 3.94. The Bertz CT molecular complexity index is 841. The predicted octanol–water partition coefficient (Wildman–Crippen LogP) is 3.08. The van der Waals surface area contributed by atoms with Gasteiger partial charge in [-0.3, -0.25) is 0 Å². The molecule has 1 aromatic heterocycles. The Balaban J connectivity index is 1.15. The molecular formula is C24H35N5O2. The van der Waals surface area contributed by atoms with Gasteiger partial charge < -0.3 is 19.9 Å². The summed E-state index contributed by atoms with van der Waals surface area (Å²) < 4.78 is 6.36. The van der Waals surface area contributed by atoms with Crippen LogP contribution in [0.25, 0.3) is 0 Å². The Morgan fingerprint density at radius 2 is 1.77 bits per heavy atom. The average molecular weight is 426 g/mol. The van der Waals surface area contributed by atoms with E-state index in [4.69, 9.17) is 9.72 Å². The number of anilines is 1. The van der Waals surface area contributed by atoms with Crippen molar-refractivity contribution in [3.63, 3.8) is 0 Å². The predicted molar refractivity (Wildman–Crippen MR) is 118 cm³/mol. The number of nitrogens with one attached hydrogen (secondary N) is 1. The van der Waals surface area contributed by atoms with Crippen LogP contribution in [0.2, 0.25) is 0 Å². The molecule has 1 spiro atoms. The monoisotopic (exact) mass is 425 g/mol. The van der Waals surface area contributed by atoms with E-state index in [0.717, 1.165) is 61.7 Å². The first-order valence-corrected chi connectivity index (χ1v) is 12.2. The van der Waals surface area contributed by atoms with Crippen LogP contribution in [0.3, 0.4) is 0 Å². The second kappa shape index (κ2) is 7.06. The number of piperidine rings is 1. The van der Waals surface area contributed by atoms with Gasteiger partial charge in [0.15, 0.2) is 0 Å². The summed E-state index contributed by atoms with van der Waals surface area (Å²) in [5.41, 5.74) is 1.93. The minimum atomic E-state index is -0.376. The largest absolute Gasteiger partial charge is 0.368 e. The van der Waals surface area contributed by atoms with Crippen molar-refractivity contribution in [1.29, 1.82) is 0 Å². The number of hydrogen-bond donors (Lipinski definition) is 1. The molecule has 2 amide bonds. The normalized spacial score (nSPS) is 35.2. The SMILES string of the molecule is CN(C)c1ncc2c(n1)C1(CCN(C(=O)NC34CC5CC(CC(C5)C3)C4)CC1)OCC2. The van der Waals surface area contributed by atoms with Gasteiger partial charge in [-0.15, -0.1) is 0 Å². The van der Waals surface area contributed by atoms with Gasteiger partial charge in [0.25, 0.3) is 0 Å². The molecule has 0 unspecified atom stereocenters. The van der Waals surface area contributed by atoms with Gasteiger partial charge in [-0.2, -0.15) is 0 Å². The summed E-state index contributed by atoms with van der Waals surface area (Å²) in [6.45, 7) is 2.15. The van der Waals surface area contributed by atoms with E-state index < -0.39 is 0 Å². The number of ether oxygens (including phenoxy) is 1. The Morgan fingerprint density at radius 1 is 1.13 bits per heavy atom. The van der Waals surface area contributed by atoms with Crippen molar-refractivity contribution in [3.8, 4) is 0 Å². The highest BCUT2D eigenvalue weighted by Crippen LogP contribution is 2.55. The smallest absolute Gasteiger partial charge is 0.317 e. The van der Waals surface area contributed by atoms with E-state index in [-0.39, 0.29) is 17.2 Å². The molecule has 1 aromatic rings. The highest BCUT2D eigenvalue weighted by Gasteiger charge is 2.52. The van der Waals surface area contributed by atoms with Gasteiger partial charge in [0.1, 0.15) is 5.60 Å². The molecule has 6 aliphatic rings. The van der Waals surface area contributed by atoms with Crippen molar-refractivity contribution < 1.29 is 9.53 Å². The number of fused-ring (bicyclic) bond motifs is 2. The maximum Gasteiger partial charge on any atom is 0.317 e. The van der Waals surface area contributed by atoms with Gasteiger partial charge in [0, 0.05) is 38.9 Å². The number of amides is 2. The summed E-state index contributed by atoms with van der Waals surface area (Å²) in [6, 6.07) is 0.143. The Morgan fingerprint density at radius 3 is 2.39 bits per heavy atom. The van der Waals surface area contributed by atoms with E-state index in [9.17, 15) is 4.79 Å². The number of carbonyl (C=O) groups is 1. The zero-order valence-corrected chi connectivity index (χ0v) is 18.9. The summed E-state index contributed by atoms with van der Waals surface area (Å²) in [5, 5.41) is 3.54. The third-order valence-electron chi connectivity index (χ3n) is 8.70.